The van der Waals surface area contributed by atoms with Crippen LogP contribution in [0.15, 0.2) is 41.7 Å². The molecule has 146 valence electrons. The van der Waals surface area contributed by atoms with Gasteiger partial charge in [0.1, 0.15) is 12.0 Å². The molecule has 2 N–H and O–H groups in total. The van der Waals surface area contributed by atoms with Gasteiger partial charge in [-0.2, -0.15) is 0 Å². The van der Waals surface area contributed by atoms with Crippen LogP contribution in [0.25, 0.3) is 0 Å². The number of pyridine rings is 1. The van der Waals surface area contributed by atoms with Gasteiger partial charge in [0.2, 0.25) is 11.5 Å². The highest BCUT2D eigenvalue weighted by atomic mass is 16.2. The number of aromatic nitrogens is 3. The lowest BCUT2D eigenvalue weighted by Crippen LogP contribution is -2.54. The number of likely N-dealkylation sites (tertiary alicyclic amines) is 1. The molecule has 0 radical (unpaired) electrons. The van der Waals surface area contributed by atoms with Gasteiger partial charge >= 0.3 is 0 Å². The van der Waals surface area contributed by atoms with Crippen molar-refractivity contribution in [2.45, 2.75) is 50.1 Å². The zero-order chi connectivity index (χ0) is 19.6. The van der Waals surface area contributed by atoms with Crippen molar-refractivity contribution >= 4 is 11.8 Å². The lowest BCUT2D eigenvalue weighted by atomic mass is 9.92. The largest absolute Gasteiger partial charge is 0.349 e. The molecule has 1 saturated carbocycles. The first-order valence-electron chi connectivity index (χ1n) is 9.63. The minimum Gasteiger partial charge on any atom is -0.349 e. The first kappa shape index (κ1) is 18.3. The molecule has 2 fully saturated rings. The van der Waals surface area contributed by atoms with Gasteiger partial charge in [-0.05, 0) is 43.7 Å². The highest BCUT2D eigenvalue weighted by Crippen LogP contribution is 2.42. The summed E-state index contributed by atoms with van der Waals surface area (Å²) in [7, 11) is 0. The molecule has 8 nitrogen and oxygen atoms in total. The Morgan fingerprint density at radius 3 is 2.86 bits per heavy atom. The summed E-state index contributed by atoms with van der Waals surface area (Å²) in [4.78, 5) is 49.4. The SMILES string of the molecule is O=C(CCc1cncnc1)NC12CCCC1N(C(=O)c1cccc(=O)[nH]1)CC2. The number of nitrogens with zero attached hydrogens (tertiary/aromatic N) is 3. The number of hydrogen-bond acceptors (Lipinski definition) is 5. The highest BCUT2D eigenvalue weighted by Gasteiger charge is 2.52. The number of aromatic amines is 1. The van der Waals surface area contributed by atoms with Crippen molar-refractivity contribution in [2.75, 3.05) is 6.54 Å². The van der Waals surface area contributed by atoms with Gasteiger partial charge < -0.3 is 15.2 Å². The molecule has 2 aromatic rings. The fraction of sp³-hybridized carbons (Fsp3) is 0.450. The van der Waals surface area contributed by atoms with Crippen LogP contribution in [0, 0.1) is 0 Å². The second kappa shape index (κ2) is 7.53. The molecular formula is C20H23N5O3. The lowest BCUT2D eigenvalue weighted by Gasteiger charge is -2.33. The van der Waals surface area contributed by atoms with Crippen molar-refractivity contribution in [3.63, 3.8) is 0 Å². The van der Waals surface area contributed by atoms with Crippen LogP contribution in [0.3, 0.4) is 0 Å². The van der Waals surface area contributed by atoms with Crippen LogP contribution in [0.5, 0.6) is 0 Å². The molecule has 0 spiro atoms. The van der Waals surface area contributed by atoms with Crippen LogP contribution in [0.1, 0.15) is 48.2 Å². The van der Waals surface area contributed by atoms with E-state index < -0.39 is 0 Å². The molecule has 4 rings (SSSR count). The summed E-state index contributed by atoms with van der Waals surface area (Å²) in [5, 5.41) is 3.23. The number of aryl methyl sites for hydroxylation is 1. The Kier molecular flexibility index (Phi) is 4.93. The standard InChI is InChI=1S/C20H23N5O3/c26-17-5-1-3-15(23-17)19(28)25-10-9-20(8-2-4-16(20)25)24-18(27)7-6-14-11-21-13-22-12-14/h1,3,5,11-13,16H,2,4,6-10H2,(H,23,26)(H,24,27). The predicted molar refractivity (Wildman–Crippen MR) is 102 cm³/mol. The van der Waals surface area contributed by atoms with Crippen LogP contribution in [0.4, 0.5) is 0 Å². The quantitative estimate of drug-likeness (QED) is 0.805. The van der Waals surface area contributed by atoms with E-state index in [0.29, 0.717) is 25.1 Å². The number of fused-ring (bicyclic) bond motifs is 1. The van der Waals surface area contributed by atoms with Crippen molar-refractivity contribution in [3.8, 4) is 0 Å². The Bertz CT molecular complexity index is 929. The van der Waals surface area contributed by atoms with E-state index in [0.717, 1.165) is 31.2 Å². The Morgan fingerprint density at radius 2 is 2.07 bits per heavy atom. The molecule has 2 amide bonds. The first-order valence-corrected chi connectivity index (χ1v) is 9.63. The van der Waals surface area contributed by atoms with Crippen LogP contribution in [-0.2, 0) is 11.2 Å². The third-order valence-electron chi connectivity index (χ3n) is 5.82. The fourth-order valence-corrected chi connectivity index (χ4v) is 4.51. The van der Waals surface area contributed by atoms with Crippen LogP contribution >= 0.6 is 0 Å². The van der Waals surface area contributed by atoms with E-state index in [1.165, 1.54) is 12.4 Å². The van der Waals surface area contributed by atoms with E-state index in [9.17, 15) is 14.4 Å². The zero-order valence-corrected chi connectivity index (χ0v) is 15.6. The number of amides is 2. The molecule has 28 heavy (non-hydrogen) atoms. The Labute approximate surface area is 162 Å². The molecule has 3 heterocycles. The van der Waals surface area contributed by atoms with Gasteiger partial charge in [0, 0.05) is 31.4 Å². The molecule has 2 atom stereocenters. The van der Waals surface area contributed by atoms with Gasteiger partial charge in [0.05, 0.1) is 11.6 Å². The molecule has 0 bridgehead atoms. The Morgan fingerprint density at radius 1 is 1.25 bits per heavy atom. The van der Waals surface area contributed by atoms with Crippen molar-refractivity contribution in [2.24, 2.45) is 0 Å². The number of H-pyrrole nitrogens is 1. The lowest BCUT2D eigenvalue weighted by molar-refractivity contribution is -0.123. The molecular weight excluding hydrogens is 358 g/mol. The molecule has 1 aliphatic carbocycles. The summed E-state index contributed by atoms with van der Waals surface area (Å²) in [5.41, 5.74) is 0.565. The van der Waals surface area contributed by atoms with E-state index in [4.69, 9.17) is 0 Å². The Hall–Kier alpha value is -3.03. The monoisotopic (exact) mass is 381 g/mol. The second-order valence-corrected chi connectivity index (χ2v) is 7.54. The third kappa shape index (κ3) is 3.54. The van der Waals surface area contributed by atoms with Crippen LogP contribution in [0.2, 0.25) is 0 Å². The summed E-state index contributed by atoms with van der Waals surface area (Å²) in [6.45, 7) is 0.577. The van der Waals surface area contributed by atoms with Crippen LogP contribution < -0.4 is 10.9 Å². The molecule has 2 unspecified atom stereocenters. The average Bonchev–Trinajstić information content (AvgIpc) is 3.25. The number of carbonyl (C=O) groups excluding carboxylic acids is 2. The van der Waals surface area contributed by atoms with Crippen molar-refractivity contribution in [3.05, 3.63) is 58.5 Å². The maximum Gasteiger partial charge on any atom is 0.270 e. The minimum absolute atomic E-state index is 0.0156. The molecule has 0 aromatic carbocycles. The molecule has 1 aliphatic heterocycles. The van der Waals surface area contributed by atoms with E-state index in [2.05, 4.69) is 20.3 Å². The zero-order valence-electron chi connectivity index (χ0n) is 15.6. The summed E-state index contributed by atoms with van der Waals surface area (Å²) >= 11 is 0. The van der Waals surface area contributed by atoms with Crippen molar-refractivity contribution in [1.29, 1.82) is 0 Å². The van der Waals surface area contributed by atoms with Gasteiger partial charge in [-0.15, -0.1) is 0 Å². The number of rotatable bonds is 5. The van der Waals surface area contributed by atoms with Gasteiger partial charge in [-0.25, -0.2) is 9.97 Å². The van der Waals surface area contributed by atoms with Crippen molar-refractivity contribution in [1.82, 2.24) is 25.2 Å². The summed E-state index contributed by atoms with van der Waals surface area (Å²) in [5.74, 6) is -0.194. The molecule has 2 aromatic heterocycles. The smallest absolute Gasteiger partial charge is 0.270 e. The average molecular weight is 381 g/mol. The van der Waals surface area contributed by atoms with Gasteiger partial charge in [-0.1, -0.05) is 6.07 Å². The molecule has 8 heteroatoms. The Balaban J connectivity index is 1.43. The number of nitrogens with one attached hydrogen (secondary N) is 2. The second-order valence-electron chi connectivity index (χ2n) is 7.54. The molecule has 2 aliphatic rings. The normalized spacial score (nSPS) is 23.4. The summed E-state index contributed by atoms with van der Waals surface area (Å²) in [6.07, 6.45) is 9.27. The van der Waals surface area contributed by atoms with E-state index in [1.54, 1.807) is 24.5 Å². The van der Waals surface area contributed by atoms with E-state index >= 15 is 0 Å². The van der Waals surface area contributed by atoms with Gasteiger partial charge in [0.25, 0.3) is 5.91 Å². The highest BCUT2D eigenvalue weighted by molar-refractivity contribution is 5.93. The van der Waals surface area contributed by atoms with Gasteiger partial charge in [-0.3, -0.25) is 14.4 Å². The maximum absolute atomic E-state index is 12.9. The number of carbonyl (C=O) groups is 2. The third-order valence-corrected chi connectivity index (χ3v) is 5.82. The predicted octanol–water partition coefficient (Wildman–Crippen LogP) is 1.05. The number of hydrogen-bond donors (Lipinski definition) is 2. The maximum atomic E-state index is 12.9. The molecule has 1 saturated heterocycles. The van der Waals surface area contributed by atoms with Crippen LogP contribution in [-0.4, -0.2) is 49.8 Å². The van der Waals surface area contributed by atoms with E-state index in [-0.39, 0.29) is 29.0 Å². The minimum atomic E-state index is -0.366. The van der Waals surface area contributed by atoms with E-state index in [1.807, 2.05) is 4.90 Å². The topological polar surface area (TPSA) is 108 Å². The fourth-order valence-electron chi connectivity index (χ4n) is 4.51. The van der Waals surface area contributed by atoms with Gasteiger partial charge in [0.15, 0.2) is 0 Å². The van der Waals surface area contributed by atoms with Crippen molar-refractivity contribution < 1.29 is 9.59 Å². The first-order chi connectivity index (χ1) is 13.6. The summed E-state index contributed by atoms with van der Waals surface area (Å²) in [6, 6.07) is 4.56. The summed E-state index contributed by atoms with van der Waals surface area (Å²) < 4.78 is 0.